The number of carbonyl (C=O) groups excluding carboxylic acids is 2. The van der Waals surface area contributed by atoms with Crippen LogP contribution < -0.4 is 16.4 Å². The molecule has 0 bridgehead atoms. The van der Waals surface area contributed by atoms with Crippen LogP contribution in [0.25, 0.3) is 11.3 Å². The van der Waals surface area contributed by atoms with E-state index in [4.69, 9.17) is 21.9 Å². The lowest BCUT2D eigenvalue weighted by atomic mass is 10.1. The molecule has 1 heterocycles. The first-order chi connectivity index (χ1) is 12.0. The minimum atomic E-state index is -0.689. The van der Waals surface area contributed by atoms with Crippen LogP contribution in [-0.4, -0.2) is 17.1 Å². The molecule has 0 saturated carbocycles. The van der Waals surface area contributed by atoms with Crippen LogP contribution in [0.2, 0.25) is 5.02 Å². The Balaban J connectivity index is 1.75. The third kappa shape index (κ3) is 4.15. The number of aromatic nitrogens is 1. The van der Waals surface area contributed by atoms with Gasteiger partial charge < -0.3 is 20.9 Å². The van der Waals surface area contributed by atoms with Gasteiger partial charge in [0.1, 0.15) is 0 Å². The molecule has 0 aliphatic rings. The number of carbonyl (C=O) groups is 2. The van der Waals surface area contributed by atoms with Crippen LogP contribution in [-0.2, 0) is 0 Å². The number of halogens is 1. The predicted octanol–water partition coefficient (Wildman–Crippen LogP) is 3.74. The van der Waals surface area contributed by atoms with Gasteiger partial charge in [-0.05, 0) is 30.3 Å². The lowest BCUT2D eigenvalue weighted by Crippen LogP contribution is -2.19. The van der Waals surface area contributed by atoms with E-state index in [2.05, 4.69) is 15.8 Å². The van der Waals surface area contributed by atoms with Crippen LogP contribution >= 0.6 is 11.6 Å². The molecule has 0 aliphatic heterocycles. The number of nitrogens with two attached hydrogens (primary N) is 1. The summed E-state index contributed by atoms with van der Waals surface area (Å²) in [6.45, 7) is 0. The van der Waals surface area contributed by atoms with E-state index in [0.29, 0.717) is 27.7 Å². The third-order valence-electron chi connectivity index (χ3n) is 3.24. The smallest absolute Gasteiger partial charge is 0.316 e. The number of hydrogen-bond donors (Lipinski definition) is 3. The van der Waals surface area contributed by atoms with Crippen LogP contribution in [0.15, 0.2) is 59.1 Å². The minimum Gasteiger partial charge on any atom is -0.355 e. The van der Waals surface area contributed by atoms with Gasteiger partial charge >= 0.3 is 6.03 Å². The number of nitrogens with one attached hydrogen (secondary N) is 2. The van der Waals surface area contributed by atoms with Gasteiger partial charge in [-0.2, -0.15) is 0 Å². The molecule has 8 heteroatoms. The van der Waals surface area contributed by atoms with Gasteiger partial charge in [0.15, 0.2) is 11.5 Å². The molecule has 0 unspecified atom stereocenters. The summed E-state index contributed by atoms with van der Waals surface area (Å²) in [5, 5.41) is 9.42. The van der Waals surface area contributed by atoms with E-state index in [-0.39, 0.29) is 5.69 Å². The zero-order valence-corrected chi connectivity index (χ0v) is 13.6. The fourth-order valence-electron chi connectivity index (χ4n) is 2.17. The summed E-state index contributed by atoms with van der Waals surface area (Å²) in [5.41, 5.74) is 6.83. The highest BCUT2D eigenvalue weighted by molar-refractivity contribution is 6.30. The Bertz CT molecular complexity index is 939. The van der Waals surface area contributed by atoms with E-state index >= 15 is 0 Å². The van der Waals surface area contributed by atoms with Crippen molar-refractivity contribution in [3.05, 3.63) is 65.3 Å². The Morgan fingerprint density at radius 2 is 1.72 bits per heavy atom. The van der Waals surface area contributed by atoms with Gasteiger partial charge in [0, 0.05) is 28.0 Å². The van der Waals surface area contributed by atoms with Crippen molar-refractivity contribution < 1.29 is 14.1 Å². The van der Waals surface area contributed by atoms with Crippen molar-refractivity contribution in [3.63, 3.8) is 0 Å². The highest BCUT2D eigenvalue weighted by Gasteiger charge is 2.14. The molecule has 3 amide bonds. The van der Waals surface area contributed by atoms with Gasteiger partial charge in [-0.3, -0.25) is 4.79 Å². The summed E-state index contributed by atoms with van der Waals surface area (Å²) in [6.07, 6.45) is 0. The number of benzene rings is 2. The predicted molar refractivity (Wildman–Crippen MR) is 94.6 cm³/mol. The maximum absolute atomic E-state index is 12.3. The summed E-state index contributed by atoms with van der Waals surface area (Å²) >= 11 is 5.94. The molecule has 7 nitrogen and oxygen atoms in total. The third-order valence-corrected chi connectivity index (χ3v) is 3.48. The molecule has 3 aromatic rings. The molecule has 0 saturated heterocycles. The van der Waals surface area contributed by atoms with Crippen molar-refractivity contribution in [2.45, 2.75) is 0 Å². The second-order valence-electron chi connectivity index (χ2n) is 5.11. The average Bonchev–Trinajstić information content (AvgIpc) is 3.05. The summed E-state index contributed by atoms with van der Waals surface area (Å²) in [7, 11) is 0. The van der Waals surface area contributed by atoms with Gasteiger partial charge in [0.2, 0.25) is 0 Å². The van der Waals surface area contributed by atoms with Crippen molar-refractivity contribution in [2.24, 2.45) is 5.73 Å². The molecular weight excluding hydrogens is 344 g/mol. The van der Waals surface area contributed by atoms with Gasteiger partial charge in [-0.15, -0.1) is 0 Å². The molecule has 0 atom stereocenters. The molecule has 0 fully saturated rings. The number of anilines is 2. The number of urea groups is 1. The summed E-state index contributed by atoms with van der Waals surface area (Å²) in [5.74, 6) is -0.0231. The lowest BCUT2D eigenvalue weighted by Gasteiger charge is -2.06. The zero-order valence-electron chi connectivity index (χ0n) is 12.8. The molecule has 4 N–H and O–H groups in total. The first kappa shape index (κ1) is 16.5. The second-order valence-corrected chi connectivity index (χ2v) is 5.55. The summed E-state index contributed by atoms with van der Waals surface area (Å²) in [4.78, 5) is 23.2. The van der Waals surface area contributed by atoms with Gasteiger partial charge in [0.25, 0.3) is 5.91 Å². The monoisotopic (exact) mass is 356 g/mol. The molecule has 1 aromatic heterocycles. The number of nitrogens with zero attached hydrogens (tertiary/aromatic N) is 1. The number of amides is 3. The van der Waals surface area contributed by atoms with Crippen molar-refractivity contribution in [2.75, 3.05) is 10.6 Å². The first-order valence-electron chi connectivity index (χ1n) is 7.22. The van der Waals surface area contributed by atoms with Crippen molar-refractivity contribution in [1.29, 1.82) is 0 Å². The Labute approximate surface area is 147 Å². The zero-order chi connectivity index (χ0) is 17.8. The van der Waals surface area contributed by atoms with E-state index in [1.165, 1.54) is 6.07 Å². The van der Waals surface area contributed by atoms with Crippen LogP contribution in [0.4, 0.5) is 16.2 Å². The number of hydrogen-bond acceptors (Lipinski definition) is 4. The van der Waals surface area contributed by atoms with Gasteiger partial charge in [-0.25, -0.2) is 4.79 Å². The standard InChI is InChI=1S/C17H13ClN4O3/c18-11-4-1-3-10(7-11)15-9-14(22-25-15)16(23)20-12-5-2-6-13(8-12)21-17(19)24/h1-9H,(H,20,23)(H3,19,21,24). The fraction of sp³-hybridized carbons (Fsp3) is 0. The molecule has 0 radical (unpaired) electrons. The maximum Gasteiger partial charge on any atom is 0.316 e. The lowest BCUT2D eigenvalue weighted by molar-refractivity contribution is 0.101. The van der Waals surface area contributed by atoms with E-state index in [9.17, 15) is 9.59 Å². The Hall–Kier alpha value is -3.32. The van der Waals surface area contributed by atoms with Crippen LogP contribution in [0.1, 0.15) is 10.5 Å². The molecule has 0 aliphatic carbocycles. The Morgan fingerprint density at radius 1 is 1.00 bits per heavy atom. The molecule has 3 rings (SSSR count). The SMILES string of the molecule is NC(=O)Nc1cccc(NC(=O)c2cc(-c3cccc(Cl)c3)on2)c1. The summed E-state index contributed by atoms with van der Waals surface area (Å²) in [6, 6.07) is 14.4. The van der Waals surface area contributed by atoms with Crippen LogP contribution in [0, 0.1) is 0 Å². The van der Waals surface area contributed by atoms with Crippen molar-refractivity contribution >= 4 is 34.9 Å². The average molecular weight is 357 g/mol. The fourth-order valence-corrected chi connectivity index (χ4v) is 2.36. The highest BCUT2D eigenvalue weighted by Crippen LogP contribution is 2.24. The molecule has 2 aromatic carbocycles. The quantitative estimate of drug-likeness (QED) is 0.661. The second kappa shape index (κ2) is 7.06. The van der Waals surface area contributed by atoms with Crippen molar-refractivity contribution in [3.8, 4) is 11.3 Å². The molecule has 25 heavy (non-hydrogen) atoms. The maximum atomic E-state index is 12.3. The minimum absolute atomic E-state index is 0.114. The van der Waals surface area contributed by atoms with Gasteiger partial charge in [0.05, 0.1) is 0 Å². The Morgan fingerprint density at radius 3 is 2.44 bits per heavy atom. The number of rotatable bonds is 4. The van der Waals surface area contributed by atoms with E-state index in [1.807, 2.05) is 0 Å². The van der Waals surface area contributed by atoms with Crippen LogP contribution in [0.5, 0.6) is 0 Å². The van der Waals surface area contributed by atoms with Crippen molar-refractivity contribution in [1.82, 2.24) is 5.16 Å². The summed E-state index contributed by atoms with van der Waals surface area (Å²) < 4.78 is 5.20. The first-order valence-corrected chi connectivity index (χ1v) is 7.59. The van der Waals surface area contributed by atoms with E-state index in [0.717, 1.165) is 0 Å². The largest absolute Gasteiger partial charge is 0.355 e. The molecular formula is C17H13ClN4O3. The van der Waals surface area contributed by atoms with E-state index in [1.54, 1.807) is 48.5 Å². The van der Waals surface area contributed by atoms with Crippen LogP contribution in [0.3, 0.4) is 0 Å². The van der Waals surface area contributed by atoms with E-state index < -0.39 is 11.9 Å². The van der Waals surface area contributed by atoms with Gasteiger partial charge in [-0.1, -0.05) is 35.0 Å². The topological polar surface area (TPSA) is 110 Å². The highest BCUT2D eigenvalue weighted by atomic mass is 35.5. The number of primary amides is 1. The normalized spacial score (nSPS) is 10.3. The molecule has 126 valence electrons. The Kier molecular flexibility index (Phi) is 4.67. The molecule has 0 spiro atoms.